The first-order valence-corrected chi connectivity index (χ1v) is 6.75. The molecule has 1 amide bonds. The predicted molar refractivity (Wildman–Crippen MR) is 79.0 cm³/mol. The number of amides is 1. The smallest absolute Gasteiger partial charge is 0.221 e. The minimum Gasteiger partial charge on any atom is -0.352 e. The van der Waals surface area contributed by atoms with Gasteiger partial charge in [-0.2, -0.15) is 0 Å². The van der Waals surface area contributed by atoms with E-state index >= 15 is 0 Å². The summed E-state index contributed by atoms with van der Waals surface area (Å²) < 4.78 is 0. The lowest BCUT2D eigenvalue weighted by Gasteiger charge is -2.08. The summed E-state index contributed by atoms with van der Waals surface area (Å²) in [5, 5.41) is 8.53. The van der Waals surface area contributed by atoms with Gasteiger partial charge in [0.05, 0.1) is 0 Å². The van der Waals surface area contributed by atoms with Gasteiger partial charge in [0.15, 0.2) is 0 Å². The molecule has 0 unspecified atom stereocenters. The van der Waals surface area contributed by atoms with E-state index in [4.69, 9.17) is 0 Å². The summed E-state index contributed by atoms with van der Waals surface area (Å²) >= 11 is 0. The molecule has 19 heavy (non-hydrogen) atoms. The molecule has 0 heterocycles. The maximum atomic E-state index is 11.7. The zero-order valence-electron chi connectivity index (χ0n) is 11.3. The SMILES string of the molecule is CCNCCC(=O)NCc1cccc2ccccc12. The Morgan fingerprint density at radius 1 is 1.11 bits per heavy atom. The molecular formula is C16H20N2O. The van der Waals surface area contributed by atoms with Crippen molar-refractivity contribution in [3.8, 4) is 0 Å². The average Bonchev–Trinajstić information content (AvgIpc) is 2.45. The Balaban J connectivity index is 1.96. The van der Waals surface area contributed by atoms with Crippen LogP contribution in [0, 0.1) is 0 Å². The van der Waals surface area contributed by atoms with Gasteiger partial charge in [-0.3, -0.25) is 4.79 Å². The Morgan fingerprint density at radius 3 is 2.74 bits per heavy atom. The molecule has 0 atom stereocenters. The van der Waals surface area contributed by atoms with Gasteiger partial charge < -0.3 is 10.6 Å². The van der Waals surface area contributed by atoms with Crippen LogP contribution in [0.4, 0.5) is 0 Å². The maximum absolute atomic E-state index is 11.7. The molecule has 0 aromatic heterocycles. The van der Waals surface area contributed by atoms with Crippen molar-refractivity contribution >= 4 is 16.7 Å². The summed E-state index contributed by atoms with van der Waals surface area (Å²) in [4.78, 5) is 11.7. The van der Waals surface area contributed by atoms with Crippen molar-refractivity contribution in [2.24, 2.45) is 0 Å². The Labute approximate surface area is 114 Å². The van der Waals surface area contributed by atoms with Crippen LogP contribution in [-0.2, 0) is 11.3 Å². The van der Waals surface area contributed by atoms with Gasteiger partial charge in [0, 0.05) is 19.5 Å². The van der Waals surface area contributed by atoms with Crippen molar-refractivity contribution in [3.63, 3.8) is 0 Å². The molecule has 100 valence electrons. The van der Waals surface area contributed by atoms with Crippen molar-refractivity contribution in [1.29, 1.82) is 0 Å². The average molecular weight is 256 g/mol. The summed E-state index contributed by atoms with van der Waals surface area (Å²) in [6, 6.07) is 14.4. The first kappa shape index (κ1) is 13.6. The molecule has 3 nitrogen and oxygen atoms in total. The summed E-state index contributed by atoms with van der Waals surface area (Å²) in [5.74, 6) is 0.0916. The van der Waals surface area contributed by atoms with Crippen LogP contribution in [0.25, 0.3) is 10.8 Å². The Hall–Kier alpha value is -1.87. The molecule has 0 saturated carbocycles. The number of hydrogen-bond acceptors (Lipinski definition) is 2. The van der Waals surface area contributed by atoms with E-state index in [2.05, 4.69) is 34.9 Å². The van der Waals surface area contributed by atoms with Crippen LogP contribution in [0.3, 0.4) is 0 Å². The number of fused-ring (bicyclic) bond motifs is 1. The molecule has 2 N–H and O–H groups in total. The highest BCUT2D eigenvalue weighted by Crippen LogP contribution is 2.18. The predicted octanol–water partition coefficient (Wildman–Crippen LogP) is 2.46. The second-order valence-electron chi connectivity index (χ2n) is 4.52. The lowest BCUT2D eigenvalue weighted by atomic mass is 10.0. The second-order valence-corrected chi connectivity index (χ2v) is 4.52. The van der Waals surface area contributed by atoms with Gasteiger partial charge in [-0.15, -0.1) is 0 Å². The third kappa shape index (κ3) is 3.80. The highest BCUT2D eigenvalue weighted by atomic mass is 16.1. The van der Waals surface area contributed by atoms with Gasteiger partial charge >= 0.3 is 0 Å². The zero-order chi connectivity index (χ0) is 13.5. The van der Waals surface area contributed by atoms with E-state index in [0.29, 0.717) is 13.0 Å². The molecule has 0 radical (unpaired) electrons. The quantitative estimate of drug-likeness (QED) is 0.779. The molecule has 0 aliphatic rings. The molecule has 2 aromatic carbocycles. The van der Waals surface area contributed by atoms with Crippen molar-refractivity contribution in [1.82, 2.24) is 10.6 Å². The van der Waals surface area contributed by atoms with Crippen molar-refractivity contribution in [2.75, 3.05) is 13.1 Å². The summed E-state index contributed by atoms with van der Waals surface area (Å²) in [5.41, 5.74) is 1.16. The maximum Gasteiger partial charge on any atom is 0.221 e. The summed E-state index contributed by atoms with van der Waals surface area (Å²) in [7, 11) is 0. The molecule has 0 bridgehead atoms. The van der Waals surface area contributed by atoms with Crippen LogP contribution in [0.5, 0.6) is 0 Å². The number of nitrogens with one attached hydrogen (secondary N) is 2. The number of carbonyl (C=O) groups excluding carboxylic acids is 1. The Kier molecular flexibility index (Phi) is 4.93. The first-order chi connectivity index (χ1) is 9.31. The van der Waals surface area contributed by atoms with Crippen molar-refractivity contribution < 1.29 is 4.79 Å². The second kappa shape index (κ2) is 6.90. The van der Waals surface area contributed by atoms with Crippen LogP contribution in [0.2, 0.25) is 0 Å². The topological polar surface area (TPSA) is 41.1 Å². The Bertz CT molecular complexity index is 546. The zero-order valence-corrected chi connectivity index (χ0v) is 11.3. The summed E-state index contributed by atoms with van der Waals surface area (Å²) in [6.07, 6.45) is 0.526. The molecule has 0 aliphatic carbocycles. The van der Waals surface area contributed by atoms with Gasteiger partial charge in [0.1, 0.15) is 0 Å². The molecule has 3 heteroatoms. The largest absolute Gasteiger partial charge is 0.352 e. The highest BCUT2D eigenvalue weighted by molar-refractivity contribution is 5.86. The van der Waals surface area contributed by atoms with Crippen LogP contribution < -0.4 is 10.6 Å². The number of rotatable bonds is 6. The van der Waals surface area contributed by atoms with Gasteiger partial charge in [-0.25, -0.2) is 0 Å². The minimum absolute atomic E-state index is 0.0916. The molecule has 2 aromatic rings. The first-order valence-electron chi connectivity index (χ1n) is 6.75. The number of benzene rings is 2. The van der Waals surface area contributed by atoms with Crippen molar-refractivity contribution in [3.05, 3.63) is 48.0 Å². The monoisotopic (exact) mass is 256 g/mol. The van der Waals surface area contributed by atoms with Gasteiger partial charge in [-0.05, 0) is 22.9 Å². The third-order valence-electron chi connectivity index (χ3n) is 3.13. The molecule has 2 rings (SSSR count). The van der Waals surface area contributed by atoms with E-state index in [1.807, 2.05) is 25.1 Å². The fourth-order valence-electron chi connectivity index (χ4n) is 2.11. The molecular weight excluding hydrogens is 236 g/mol. The standard InChI is InChI=1S/C16H20N2O/c1-2-17-11-10-16(19)18-12-14-8-5-7-13-6-3-4-9-15(13)14/h3-9,17H,2,10-12H2,1H3,(H,18,19). The van der Waals surface area contributed by atoms with Gasteiger partial charge in [0.2, 0.25) is 5.91 Å². The minimum atomic E-state index is 0.0916. The van der Waals surface area contributed by atoms with E-state index in [-0.39, 0.29) is 5.91 Å². The van der Waals surface area contributed by atoms with Crippen LogP contribution in [0.15, 0.2) is 42.5 Å². The van der Waals surface area contributed by atoms with E-state index in [0.717, 1.165) is 18.7 Å². The molecule has 0 fully saturated rings. The fraction of sp³-hybridized carbons (Fsp3) is 0.312. The molecule has 0 aliphatic heterocycles. The lowest BCUT2D eigenvalue weighted by Crippen LogP contribution is -2.27. The fourth-order valence-corrected chi connectivity index (χ4v) is 2.11. The highest BCUT2D eigenvalue weighted by Gasteiger charge is 2.03. The lowest BCUT2D eigenvalue weighted by molar-refractivity contribution is -0.121. The molecule has 0 saturated heterocycles. The van der Waals surface area contributed by atoms with E-state index in [1.54, 1.807) is 0 Å². The number of carbonyl (C=O) groups is 1. The molecule has 0 spiro atoms. The van der Waals surface area contributed by atoms with Crippen LogP contribution in [-0.4, -0.2) is 19.0 Å². The van der Waals surface area contributed by atoms with Crippen LogP contribution in [0.1, 0.15) is 18.9 Å². The third-order valence-corrected chi connectivity index (χ3v) is 3.13. The number of hydrogen-bond donors (Lipinski definition) is 2. The summed E-state index contributed by atoms with van der Waals surface area (Å²) in [6.45, 7) is 4.26. The van der Waals surface area contributed by atoms with E-state index in [1.165, 1.54) is 10.8 Å². The van der Waals surface area contributed by atoms with Gasteiger partial charge in [-0.1, -0.05) is 49.4 Å². The van der Waals surface area contributed by atoms with E-state index < -0.39 is 0 Å². The Morgan fingerprint density at radius 2 is 1.89 bits per heavy atom. The van der Waals surface area contributed by atoms with E-state index in [9.17, 15) is 4.79 Å². The van der Waals surface area contributed by atoms with Crippen molar-refractivity contribution in [2.45, 2.75) is 19.9 Å². The van der Waals surface area contributed by atoms with Crippen LogP contribution >= 0.6 is 0 Å². The van der Waals surface area contributed by atoms with Gasteiger partial charge in [0.25, 0.3) is 0 Å². The normalized spacial score (nSPS) is 10.6.